The van der Waals surface area contributed by atoms with Crippen LogP contribution in [0, 0.1) is 6.92 Å². The Kier molecular flexibility index (Phi) is 2.96. The summed E-state index contributed by atoms with van der Waals surface area (Å²) < 4.78 is 0. The van der Waals surface area contributed by atoms with E-state index in [1.807, 2.05) is 21.9 Å². The fourth-order valence-corrected chi connectivity index (χ4v) is 2.83. The van der Waals surface area contributed by atoms with Gasteiger partial charge >= 0.3 is 6.03 Å². The molecule has 4 nitrogen and oxygen atoms in total. The lowest BCUT2D eigenvalue weighted by Crippen LogP contribution is -2.40. The predicted octanol–water partition coefficient (Wildman–Crippen LogP) is 1.60. The number of benzene rings is 1. The Morgan fingerprint density at radius 2 is 2.22 bits per heavy atom. The van der Waals surface area contributed by atoms with E-state index in [0.29, 0.717) is 6.04 Å². The fourth-order valence-electron chi connectivity index (χ4n) is 2.83. The van der Waals surface area contributed by atoms with Crippen molar-refractivity contribution >= 4 is 11.7 Å². The lowest BCUT2D eigenvalue weighted by Gasteiger charge is -2.23. The molecular weight excluding hydrogens is 226 g/mol. The Morgan fingerprint density at radius 1 is 1.33 bits per heavy atom. The van der Waals surface area contributed by atoms with Crippen LogP contribution in [0.15, 0.2) is 24.3 Å². The van der Waals surface area contributed by atoms with Gasteiger partial charge in [-0.3, -0.25) is 4.90 Å². The molecule has 0 aliphatic carbocycles. The molecule has 1 aromatic carbocycles. The van der Waals surface area contributed by atoms with E-state index in [1.54, 1.807) is 0 Å². The number of anilines is 1. The van der Waals surface area contributed by atoms with E-state index in [1.165, 1.54) is 5.56 Å². The van der Waals surface area contributed by atoms with Crippen LogP contribution in [0.3, 0.4) is 0 Å². The summed E-state index contributed by atoms with van der Waals surface area (Å²) in [5.41, 5.74) is 2.22. The molecule has 2 amide bonds. The number of rotatable bonds is 2. The first-order valence-corrected chi connectivity index (χ1v) is 6.61. The van der Waals surface area contributed by atoms with Crippen LogP contribution in [0.5, 0.6) is 0 Å². The first-order valence-electron chi connectivity index (χ1n) is 6.61. The summed E-state index contributed by atoms with van der Waals surface area (Å²) in [4.78, 5) is 16.3. The van der Waals surface area contributed by atoms with Gasteiger partial charge in [0.2, 0.25) is 0 Å². The Hall–Kier alpha value is -1.55. The zero-order valence-electron chi connectivity index (χ0n) is 10.7. The maximum Gasteiger partial charge on any atom is 0.324 e. The smallest absolute Gasteiger partial charge is 0.318 e. The highest BCUT2D eigenvalue weighted by atomic mass is 16.2. The molecule has 1 atom stereocenters. The van der Waals surface area contributed by atoms with Crippen molar-refractivity contribution in [3.8, 4) is 0 Å². The second-order valence-electron chi connectivity index (χ2n) is 5.11. The zero-order chi connectivity index (χ0) is 12.5. The van der Waals surface area contributed by atoms with E-state index in [-0.39, 0.29) is 6.03 Å². The van der Waals surface area contributed by atoms with Gasteiger partial charge in [-0.15, -0.1) is 0 Å². The number of carbonyl (C=O) groups excluding carboxylic acids is 1. The molecule has 0 aromatic heterocycles. The first-order chi connectivity index (χ1) is 8.75. The largest absolute Gasteiger partial charge is 0.324 e. The minimum absolute atomic E-state index is 0.161. The van der Waals surface area contributed by atoms with Crippen molar-refractivity contribution in [2.45, 2.75) is 19.4 Å². The predicted molar refractivity (Wildman–Crippen MR) is 71.9 cm³/mol. The molecule has 1 N–H and O–H groups in total. The lowest BCUT2D eigenvalue weighted by atomic mass is 10.2. The molecule has 4 heteroatoms. The molecule has 1 aromatic rings. The van der Waals surface area contributed by atoms with Crippen molar-refractivity contribution in [3.05, 3.63) is 29.8 Å². The van der Waals surface area contributed by atoms with Crippen LogP contribution in [0.25, 0.3) is 0 Å². The molecule has 0 radical (unpaired) electrons. The third-order valence-electron chi connectivity index (χ3n) is 3.83. The van der Waals surface area contributed by atoms with Gasteiger partial charge in [-0.05, 0) is 37.6 Å². The highest BCUT2D eigenvalue weighted by molar-refractivity contribution is 5.94. The summed E-state index contributed by atoms with van der Waals surface area (Å²) in [6.45, 7) is 5.67. The number of hydrogen-bond acceptors (Lipinski definition) is 2. The molecule has 96 valence electrons. The van der Waals surface area contributed by atoms with Crippen molar-refractivity contribution in [1.29, 1.82) is 0 Å². The summed E-state index contributed by atoms with van der Waals surface area (Å²) >= 11 is 0. The number of nitrogens with one attached hydrogen (secondary N) is 1. The van der Waals surface area contributed by atoms with Gasteiger partial charge < -0.3 is 10.2 Å². The van der Waals surface area contributed by atoms with Crippen LogP contribution in [-0.4, -0.2) is 43.2 Å². The normalized spacial score (nSPS) is 24.1. The van der Waals surface area contributed by atoms with E-state index in [0.717, 1.165) is 38.3 Å². The Morgan fingerprint density at radius 3 is 2.94 bits per heavy atom. The quantitative estimate of drug-likeness (QED) is 0.859. The van der Waals surface area contributed by atoms with E-state index in [4.69, 9.17) is 0 Å². The molecule has 18 heavy (non-hydrogen) atoms. The molecule has 0 spiro atoms. The van der Waals surface area contributed by atoms with Crippen LogP contribution in [0.4, 0.5) is 10.5 Å². The van der Waals surface area contributed by atoms with Gasteiger partial charge in [-0.25, -0.2) is 4.79 Å². The third-order valence-corrected chi connectivity index (χ3v) is 3.83. The van der Waals surface area contributed by atoms with Crippen molar-refractivity contribution < 1.29 is 4.79 Å². The van der Waals surface area contributed by atoms with Crippen molar-refractivity contribution in [2.24, 2.45) is 0 Å². The molecule has 2 aliphatic rings. The number of aryl methyl sites for hydroxylation is 1. The number of nitrogens with zero attached hydrogens (tertiary/aromatic N) is 2. The Bertz CT molecular complexity index is 454. The highest BCUT2D eigenvalue weighted by Crippen LogP contribution is 2.23. The summed E-state index contributed by atoms with van der Waals surface area (Å²) in [6.07, 6.45) is 1.08. The second-order valence-corrected chi connectivity index (χ2v) is 5.11. The molecule has 2 aliphatic heterocycles. The van der Waals surface area contributed by atoms with Crippen molar-refractivity contribution in [2.75, 3.05) is 31.1 Å². The average molecular weight is 245 g/mol. The molecular formula is C14H19N3O. The zero-order valence-corrected chi connectivity index (χ0v) is 10.7. The summed E-state index contributed by atoms with van der Waals surface area (Å²) in [6, 6.07) is 8.71. The van der Waals surface area contributed by atoms with Gasteiger partial charge in [-0.2, -0.15) is 0 Å². The Labute approximate surface area is 108 Å². The average Bonchev–Trinajstić information content (AvgIpc) is 2.97. The monoisotopic (exact) mass is 245 g/mol. The number of amides is 2. The van der Waals surface area contributed by atoms with E-state index in [9.17, 15) is 4.79 Å². The van der Waals surface area contributed by atoms with E-state index in [2.05, 4.69) is 24.4 Å². The van der Waals surface area contributed by atoms with Crippen LogP contribution >= 0.6 is 0 Å². The van der Waals surface area contributed by atoms with E-state index >= 15 is 0 Å². The van der Waals surface area contributed by atoms with Crippen LogP contribution < -0.4 is 10.2 Å². The first kappa shape index (κ1) is 11.5. The highest BCUT2D eigenvalue weighted by Gasteiger charge is 2.35. The molecule has 3 rings (SSSR count). The minimum Gasteiger partial charge on any atom is -0.318 e. The van der Waals surface area contributed by atoms with Crippen LogP contribution in [-0.2, 0) is 0 Å². The van der Waals surface area contributed by atoms with Crippen LogP contribution in [0.2, 0.25) is 0 Å². The van der Waals surface area contributed by atoms with Gasteiger partial charge in [0.05, 0.1) is 0 Å². The second kappa shape index (κ2) is 4.61. The van der Waals surface area contributed by atoms with E-state index < -0.39 is 0 Å². The lowest BCUT2D eigenvalue weighted by molar-refractivity contribution is 0.205. The third kappa shape index (κ3) is 1.97. The fraction of sp³-hybridized carbons (Fsp3) is 0.500. The number of hydrogen-bond donors (Lipinski definition) is 1. The minimum atomic E-state index is 0.161. The maximum atomic E-state index is 12.4. The molecule has 0 saturated carbocycles. The SMILES string of the molecule is Cc1cccc(N2CCN(C3CCNC3)C2=O)c1. The van der Waals surface area contributed by atoms with Gasteiger partial charge in [0.25, 0.3) is 0 Å². The maximum absolute atomic E-state index is 12.4. The van der Waals surface area contributed by atoms with Crippen LogP contribution in [0.1, 0.15) is 12.0 Å². The van der Waals surface area contributed by atoms with Crippen molar-refractivity contribution in [3.63, 3.8) is 0 Å². The summed E-state index contributed by atoms with van der Waals surface area (Å²) in [5.74, 6) is 0. The Balaban J connectivity index is 1.77. The molecule has 2 heterocycles. The van der Waals surface area contributed by atoms with Gasteiger partial charge in [0, 0.05) is 31.4 Å². The molecule has 2 saturated heterocycles. The van der Waals surface area contributed by atoms with Gasteiger partial charge in [0.15, 0.2) is 0 Å². The molecule has 0 bridgehead atoms. The molecule has 1 unspecified atom stereocenters. The summed E-state index contributed by atoms with van der Waals surface area (Å²) in [5, 5.41) is 3.32. The van der Waals surface area contributed by atoms with Crippen molar-refractivity contribution in [1.82, 2.24) is 10.2 Å². The van der Waals surface area contributed by atoms with Gasteiger partial charge in [-0.1, -0.05) is 12.1 Å². The molecule has 2 fully saturated rings. The topological polar surface area (TPSA) is 35.6 Å². The summed E-state index contributed by atoms with van der Waals surface area (Å²) in [7, 11) is 0. The standard InChI is InChI=1S/C14H19N3O/c1-11-3-2-4-12(9-11)16-7-8-17(14(16)18)13-5-6-15-10-13/h2-4,9,13,15H,5-8,10H2,1H3. The number of carbonyl (C=O) groups is 1. The number of urea groups is 1. The van der Waals surface area contributed by atoms with Gasteiger partial charge in [0.1, 0.15) is 0 Å².